The summed E-state index contributed by atoms with van der Waals surface area (Å²) in [5, 5.41) is 20.1. The Kier molecular flexibility index (Phi) is 3.98. The third-order valence-corrected chi connectivity index (χ3v) is 1.84. The minimum Gasteiger partial charge on any atom is -0.508 e. The molecule has 0 spiro atoms. The number of benzene rings is 2. The van der Waals surface area contributed by atoms with E-state index < -0.39 is 0 Å². The van der Waals surface area contributed by atoms with Gasteiger partial charge in [-0.3, -0.25) is 0 Å². The smallest absolute Gasteiger partial charge is 0.123 e. The van der Waals surface area contributed by atoms with Gasteiger partial charge in [-0.15, -0.1) is 0 Å². The second-order valence-corrected chi connectivity index (χ2v) is 3.39. The van der Waals surface area contributed by atoms with Crippen molar-refractivity contribution in [1.82, 2.24) is 0 Å². The minimum absolute atomic E-state index is 0.216. The van der Waals surface area contributed by atoms with Crippen LogP contribution in [0, 0.1) is 0 Å². The first-order valence-electron chi connectivity index (χ1n) is 5.09. The van der Waals surface area contributed by atoms with Crippen molar-refractivity contribution in [3.8, 4) is 11.5 Å². The molecule has 0 aromatic heterocycles. The summed E-state index contributed by atoms with van der Waals surface area (Å²) in [4.78, 5) is 0. The summed E-state index contributed by atoms with van der Waals surface area (Å²) in [6.45, 7) is 4.25. The van der Waals surface area contributed by atoms with Gasteiger partial charge in [0, 0.05) is 5.39 Å². The molecule has 0 unspecified atom stereocenters. The zero-order chi connectivity index (χ0) is 11.3. The molecule has 0 bridgehead atoms. The Morgan fingerprint density at radius 2 is 1.67 bits per heavy atom. The summed E-state index contributed by atoms with van der Waals surface area (Å²) in [7, 11) is 0. The highest BCUT2D eigenvalue weighted by Gasteiger charge is 1.98. The highest BCUT2D eigenvalue weighted by atomic mass is 16.3. The summed E-state index contributed by atoms with van der Waals surface area (Å²) in [6.07, 6.45) is 1.25. The van der Waals surface area contributed by atoms with Crippen LogP contribution in [0.25, 0.3) is 10.8 Å². The molecule has 2 heteroatoms. The van der Waals surface area contributed by atoms with E-state index in [0.29, 0.717) is 0 Å². The molecule has 2 rings (SSSR count). The van der Waals surface area contributed by atoms with Crippen LogP contribution >= 0.6 is 0 Å². The Labute approximate surface area is 89.8 Å². The van der Waals surface area contributed by atoms with Gasteiger partial charge < -0.3 is 10.2 Å². The largest absolute Gasteiger partial charge is 0.508 e. The van der Waals surface area contributed by atoms with Crippen LogP contribution in [0.1, 0.15) is 20.3 Å². The summed E-state index contributed by atoms with van der Waals surface area (Å²) >= 11 is 0. The zero-order valence-corrected chi connectivity index (χ0v) is 9.07. The molecule has 2 N–H and O–H groups in total. The molecule has 15 heavy (non-hydrogen) atoms. The highest BCUT2D eigenvalue weighted by molar-refractivity contribution is 5.88. The number of phenolic OH excluding ortho intramolecular Hbond substituents is 2. The van der Waals surface area contributed by atoms with Crippen LogP contribution in [0.4, 0.5) is 0 Å². The van der Waals surface area contributed by atoms with Crippen molar-refractivity contribution < 1.29 is 10.2 Å². The van der Waals surface area contributed by atoms with Gasteiger partial charge in [0.15, 0.2) is 0 Å². The van der Waals surface area contributed by atoms with Crippen molar-refractivity contribution in [3.05, 3.63) is 36.4 Å². The molecule has 0 saturated carbocycles. The van der Waals surface area contributed by atoms with E-state index in [9.17, 15) is 5.11 Å². The van der Waals surface area contributed by atoms with Crippen molar-refractivity contribution in [2.75, 3.05) is 0 Å². The normalized spacial score (nSPS) is 9.47. The summed E-state index contributed by atoms with van der Waals surface area (Å²) < 4.78 is 0. The van der Waals surface area contributed by atoms with Gasteiger partial charge in [0.25, 0.3) is 0 Å². The zero-order valence-electron chi connectivity index (χ0n) is 9.07. The molecule has 2 nitrogen and oxygen atoms in total. The lowest BCUT2D eigenvalue weighted by molar-refractivity contribution is 0.475. The molecule has 2 aromatic carbocycles. The average Bonchev–Trinajstić information content (AvgIpc) is 2.19. The third kappa shape index (κ3) is 2.88. The molecule has 0 fully saturated rings. The lowest BCUT2D eigenvalue weighted by Gasteiger charge is -1.99. The van der Waals surface area contributed by atoms with Gasteiger partial charge in [-0.25, -0.2) is 0 Å². The third-order valence-electron chi connectivity index (χ3n) is 1.84. The van der Waals surface area contributed by atoms with E-state index in [4.69, 9.17) is 5.11 Å². The van der Waals surface area contributed by atoms with Crippen molar-refractivity contribution in [2.24, 2.45) is 0 Å². The fraction of sp³-hybridized carbons (Fsp3) is 0.231. The van der Waals surface area contributed by atoms with Gasteiger partial charge in [0.05, 0.1) is 0 Å². The van der Waals surface area contributed by atoms with E-state index in [1.54, 1.807) is 30.3 Å². The van der Waals surface area contributed by atoms with Crippen LogP contribution in [0.3, 0.4) is 0 Å². The van der Waals surface area contributed by atoms with Crippen LogP contribution in [-0.2, 0) is 0 Å². The number of aromatic hydroxyl groups is 2. The molecule has 80 valence electrons. The van der Waals surface area contributed by atoms with E-state index in [2.05, 4.69) is 13.8 Å². The topological polar surface area (TPSA) is 40.5 Å². The maximum atomic E-state index is 9.38. The van der Waals surface area contributed by atoms with E-state index >= 15 is 0 Å². The first-order valence-corrected chi connectivity index (χ1v) is 5.09. The molecule has 0 atom stereocenters. The monoisotopic (exact) mass is 204 g/mol. The number of hydrogen-bond donors (Lipinski definition) is 2. The first-order chi connectivity index (χ1) is 7.19. The van der Waals surface area contributed by atoms with Crippen LogP contribution in [-0.4, -0.2) is 10.2 Å². The Morgan fingerprint density at radius 3 is 2.33 bits per heavy atom. The van der Waals surface area contributed by atoms with Gasteiger partial charge in [0.1, 0.15) is 11.5 Å². The second-order valence-electron chi connectivity index (χ2n) is 3.39. The molecule has 0 amide bonds. The number of hydrogen-bond acceptors (Lipinski definition) is 2. The van der Waals surface area contributed by atoms with Crippen molar-refractivity contribution in [3.63, 3.8) is 0 Å². The molecular formula is C13H16O2. The van der Waals surface area contributed by atoms with Gasteiger partial charge in [0.2, 0.25) is 0 Å². The summed E-state index contributed by atoms with van der Waals surface area (Å²) in [6, 6.07) is 10.1. The SMILES string of the molecule is CCC.Oc1ccc2c(O)cccc2c1. The molecule has 0 aliphatic carbocycles. The fourth-order valence-electron chi connectivity index (χ4n) is 1.25. The lowest BCUT2D eigenvalue weighted by atomic mass is 10.1. The maximum absolute atomic E-state index is 9.38. The molecule has 0 saturated heterocycles. The summed E-state index contributed by atoms with van der Waals surface area (Å²) in [5.41, 5.74) is 0. The standard InChI is InChI=1S/C10H8O2.C3H8/c11-8-4-5-9-7(6-8)2-1-3-10(9)12;1-3-2/h1-6,11-12H;3H2,1-2H3. The van der Waals surface area contributed by atoms with Crippen molar-refractivity contribution >= 4 is 10.8 Å². The second kappa shape index (κ2) is 5.25. The minimum atomic E-state index is 0.216. The quantitative estimate of drug-likeness (QED) is 0.687. The first kappa shape index (κ1) is 11.4. The summed E-state index contributed by atoms with van der Waals surface area (Å²) in [5.74, 6) is 0.459. The Hall–Kier alpha value is -1.70. The van der Waals surface area contributed by atoms with Crippen molar-refractivity contribution in [2.45, 2.75) is 20.3 Å². The van der Waals surface area contributed by atoms with Gasteiger partial charge >= 0.3 is 0 Å². The van der Waals surface area contributed by atoms with Gasteiger partial charge in [-0.1, -0.05) is 32.4 Å². The molecular weight excluding hydrogens is 188 g/mol. The molecule has 2 aromatic rings. The molecule has 0 heterocycles. The van der Waals surface area contributed by atoms with Crippen molar-refractivity contribution in [1.29, 1.82) is 0 Å². The van der Waals surface area contributed by atoms with E-state index in [1.165, 1.54) is 6.42 Å². The Balaban J connectivity index is 0.000000337. The predicted molar refractivity (Wildman–Crippen MR) is 63.2 cm³/mol. The van der Waals surface area contributed by atoms with Crippen LogP contribution < -0.4 is 0 Å². The fourth-order valence-corrected chi connectivity index (χ4v) is 1.25. The van der Waals surface area contributed by atoms with Crippen LogP contribution in [0.5, 0.6) is 11.5 Å². The van der Waals surface area contributed by atoms with E-state index in [-0.39, 0.29) is 11.5 Å². The van der Waals surface area contributed by atoms with Gasteiger partial charge in [-0.2, -0.15) is 0 Å². The average molecular weight is 204 g/mol. The number of fused-ring (bicyclic) bond motifs is 1. The van der Waals surface area contributed by atoms with Crippen LogP contribution in [0.15, 0.2) is 36.4 Å². The maximum Gasteiger partial charge on any atom is 0.123 e. The number of phenols is 2. The molecule has 0 aliphatic rings. The Morgan fingerprint density at radius 1 is 1.00 bits per heavy atom. The highest BCUT2D eigenvalue weighted by Crippen LogP contribution is 2.26. The van der Waals surface area contributed by atoms with E-state index in [0.717, 1.165) is 10.8 Å². The lowest BCUT2D eigenvalue weighted by Crippen LogP contribution is -1.72. The molecule has 0 radical (unpaired) electrons. The van der Waals surface area contributed by atoms with Crippen LogP contribution in [0.2, 0.25) is 0 Å². The predicted octanol–water partition coefficient (Wildman–Crippen LogP) is 3.67. The van der Waals surface area contributed by atoms with E-state index in [1.807, 2.05) is 6.07 Å². The molecule has 0 aliphatic heterocycles. The Bertz CT molecular complexity index is 435. The number of rotatable bonds is 0. The van der Waals surface area contributed by atoms with Gasteiger partial charge in [-0.05, 0) is 29.7 Å².